The lowest BCUT2D eigenvalue weighted by atomic mass is 9.95. The molecule has 0 bridgehead atoms. The van der Waals surface area contributed by atoms with Gasteiger partial charge in [0.2, 0.25) is 0 Å². The summed E-state index contributed by atoms with van der Waals surface area (Å²) in [5.41, 5.74) is 12.9. The van der Waals surface area contributed by atoms with Crippen LogP contribution >= 0.6 is 0 Å². The Labute approximate surface area is 322 Å². The van der Waals surface area contributed by atoms with E-state index >= 15 is 0 Å². The summed E-state index contributed by atoms with van der Waals surface area (Å²) in [6.45, 7) is 0. The average Bonchev–Trinajstić information content (AvgIpc) is 3.26. The quantitative estimate of drug-likeness (QED) is 0.160. The highest BCUT2D eigenvalue weighted by Crippen LogP contribution is 2.42. The average molecular weight is 700 g/mol. The number of fused-ring (bicyclic) bond motifs is 3. The Morgan fingerprint density at radius 2 is 0.673 bits per heavy atom. The van der Waals surface area contributed by atoms with Crippen LogP contribution in [0.25, 0.3) is 76.8 Å². The first-order valence-electron chi connectivity index (χ1n) is 18.9. The van der Waals surface area contributed by atoms with E-state index in [0.717, 1.165) is 17.1 Å². The second-order valence-electron chi connectivity index (χ2n) is 14.2. The maximum Gasteiger partial charge on any atom is 0.0473 e. The minimum atomic E-state index is 1.10. The fourth-order valence-electron chi connectivity index (χ4n) is 7.97. The molecule has 0 amide bonds. The molecule has 0 heterocycles. The highest BCUT2D eigenvalue weighted by molar-refractivity contribution is 6.01. The molecule has 0 saturated heterocycles. The Bertz CT molecular complexity index is 2960. The van der Waals surface area contributed by atoms with Gasteiger partial charge in [-0.3, -0.25) is 0 Å². The van der Waals surface area contributed by atoms with Crippen molar-refractivity contribution in [1.29, 1.82) is 0 Å². The van der Waals surface area contributed by atoms with Crippen LogP contribution in [0.4, 0.5) is 17.1 Å². The van der Waals surface area contributed by atoms with Crippen LogP contribution in [-0.4, -0.2) is 0 Å². The largest absolute Gasteiger partial charge is 0.310 e. The maximum atomic E-state index is 2.42. The fourth-order valence-corrected chi connectivity index (χ4v) is 7.97. The third-order valence-corrected chi connectivity index (χ3v) is 10.8. The van der Waals surface area contributed by atoms with E-state index in [9.17, 15) is 0 Å². The molecule has 0 N–H and O–H groups in total. The number of benzene rings is 10. The van der Waals surface area contributed by atoms with Crippen molar-refractivity contribution in [3.8, 4) is 44.5 Å². The van der Waals surface area contributed by atoms with Gasteiger partial charge in [-0.25, -0.2) is 0 Å². The van der Waals surface area contributed by atoms with E-state index in [-0.39, 0.29) is 0 Å². The Morgan fingerprint density at radius 1 is 0.218 bits per heavy atom. The van der Waals surface area contributed by atoms with Crippen LogP contribution < -0.4 is 4.90 Å². The number of hydrogen-bond acceptors (Lipinski definition) is 1. The molecule has 55 heavy (non-hydrogen) atoms. The molecule has 0 fully saturated rings. The first-order chi connectivity index (χ1) is 27.2. The zero-order valence-electron chi connectivity index (χ0n) is 30.3. The van der Waals surface area contributed by atoms with E-state index in [1.165, 1.54) is 76.8 Å². The molecule has 0 unspecified atom stereocenters. The monoisotopic (exact) mass is 699 g/mol. The summed E-state index contributed by atoms with van der Waals surface area (Å²) in [6, 6.07) is 81.6. The Morgan fingerprint density at radius 3 is 1.33 bits per heavy atom. The summed E-state index contributed by atoms with van der Waals surface area (Å²) in [6.07, 6.45) is 0. The lowest BCUT2D eigenvalue weighted by Crippen LogP contribution is -2.10. The normalized spacial score (nSPS) is 11.3. The molecule has 10 rings (SSSR count). The molecule has 0 saturated carbocycles. The summed E-state index contributed by atoms with van der Waals surface area (Å²) in [5.74, 6) is 0. The Hall–Kier alpha value is -7.22. The van der Waals surface area contributed by atoms with Crippen molar-refractivity contribution in [2.45, 2.75) is 0 Å². The van der Waals surface area contributed by atoms with Gasteiger partial charge in [0.15, 0.2) is 0 Å². The van der Waals surface area contributed by atoms with Gasteiger partial charge in [0.05, 0.1) is 0 Å². The van der Waals surface area contributed by atoms with Gasteiger partial charge in [0.25, 0.3) is 0 Å². The van der Waals surface area contributed by atoms with Gasteiger partial charge in [-0.1, -0.05) is 176 Å². The molecule has 0 aliphatic heterocycles. The van der Waals surface area contributed by atoms with Gasteiger partial charge < -0.3 is 4.90 Å². The van der Waals surface area contributed by atoms with Gasteiger partial charge >= 0.3 is 0 Å². The van der Waals surface area contributed by atoms with Crippen LogP contribution in [0.2, 0.25) is 0 Å². The minimum Gasteiger partial charge on any atom is -0.310 e. The second kappa shape index (κ2) is 14.0. The smallest absolute Gasteiger partial charge is 0.0473 e. The van der Waals surface area contributed by atoms with Gasteiger partial charge in [-0.05, 0) is 125 Å². The third-order valence-electron chi connectivity index (χ3n) is 10.8. The standard InChI is InChI=1S/C54H37N/c1-3-12-38(13-4-1)42-22-24-43(25-23-42)49-33-48(39-14-5-2-6-15-39)36-52(37-49)55(50-29-28-41-17-8-10-19-45(41)34-50)51-30-31-54-46(35-51)20-11-21-53(54)47-27-26-40-16-7-9-18-44(40)32-47/h1-37H. The van der Waals surface area contributed by atoms with Gasteiger partial charge in [-0.2, -0.15) is 0 Å². The van der Waals surface area contributed by atoms with Crippen molar-refractivity contribution in [2.24, 2.45) is 0 Å². The second-order valence-corrected chi connectivity index (χ2v) is 14.2. The van der Waals surface area contributed by atoms with Gasteiger partial charge in [-0.15, -0.1) is 0 Å². The van der Waals surface area contributed by atoms with E-state index in [2.05, 4.69) is 229 Å². The molecular weight excluding hydrogens is 663 g/mol. The van der Waals surface area contributed by atoms with Crippen molar-refractivity contribution in [1.82, 2.24) is 0 Å². The van der Waals surface area contributed by atoms with Crippen LogP contribution in [0, 0.1) is 0 Å². The van der Waals surface area contributed by atoms with Crippen molar-refractivity contribution in [2.75, 3.05) is 4.90 Å². The molecule has 0 aliphatic carbocycles. The van der Waals surface area contributed by atoms with E-state index in [1.54, 1.807) is 0 Å². The summed E-state index contributed by atoms with van der Waals surface area (Å²) in [5, 5.41) is 7.37. The van der Waals surface area contributed by atoms with Crippen LogP contribution in [0.1, 0.15) is 0 Å². The third kappa shape index (κ3) is 6.33. The zero-order chi connectivity index (χ0) is 36.6. The van der Waals surface area contributed by atoms with Crippen molar-refractivity contribution < 1.29 is 0 Å². The highest BCUT2D eigenvalue weighted by atomic mass is 15.1. The minimum absolute atomic E-state index is 1.10. The fraction of sp³-hybridized carbons (Fsp3) is 0. The molecule has 1 nitrogen and oxygen atoms in total. The predicted molar refractivity (Wildman–Crippen MR) is 235 cm³/mol. The first-order valence-corrected chi connectivity index (χ1v) is 18.9. The predicted octanol–water partition coefficient (Wildman–Crippen LogP) is 15.3. The Balaban J connectivity index is 1.15. The van der Waals surface area contributed by atoms with Gasteiger partial charge in [0.1, 0.15) is 0 Å². The number of nitrogens with zero attached hydrogens (tertiary/aromatic N) is 1. The lowest BCUT2D eigenvalue weighted by molar-refractivity contribution is 1.29. The molecule has 0 radical (unpaired) electrons. The summed E-state index contributed by atoms with van der Waals surface area (Å²) in [7, 11) is 0. The van der Waals surface area contributed by atoms with Crippen molar-refractivity contribution in [3.63, 3.8) is 0 Å². The highest BCUT2D eigenvalue weighted by Gasteiger charge is 2.18. The van der Waals surface area contributed by atoms with Crippen LogP contribution in [0.15, 0.2) is 224 Å². The molecule has 0 atom stereocenters. The molecule has 0 aliphatic rings. The van der Waals surface area contributed by atoms with Crippen LogP contribution in [0.5, 0.6) is 0 Å². The summed E-state index contributed by atoms with van der Waals surface area (Å²) < 4.78 is 0. The molecule has 258 valence electrons. The molecule has 0 aromatic heterocycles. The Kier molecular flexibility index (Phi) is 8.24. The molecular formula is C54H37N. The van der Waals surface area contributed by atoms with Crippen molar-refractivity contribution in [3.05, 3.63) is 224 Å². The topological polar surface area (TPSA) is 3.24 Å². The van der Waals surface area contributed by atoms with Gasteiger partial charge in [0, 0.05) is 17.1 Å². The van der Waals surface area contributed by atoms with Crippen LogP contribution in [0.3, 0.4) is 0 Å². The van der Waals surface area contributed by atoms with Crippen LogP contribution in [-0.2, 0) is 0 Å². The maximum absolute atomic E-state index is 2.42. The number of anilines is 3. The SMILES string of the molecule is c1ccc(-c2ccc(-c3cc(-c4ccccc4)cc(N(c4ccc5ccccc5c4)c4ccc5c(-c6ccc7ccccc7c6)cccc5c4)c3)cc2)cc1. The van der Waals surface area contributed by atoms with E-state index in [4.69, 9.17) is 0 Å². The van der Waals surface area contributed by atoms with Crippen molar-refractivity contribution >= 4 is 49.4 Å². The first kappa shape index (κ1) is 32.4. The van der Waals surface area contributed by atoms with E-state index in [1.807, 2.05) is 0 Å². The van der Waals surface area contributed by atoms with E-state index < -0.39 is 0 Å². The van der Waals surface area contributed by atoms with E-state index in [0.29, 0.717) is 0 Å². The molecule has 0 spiro atoms. The summed E-state index contributed by atoms with van der Waals surface area (Å²) in [4.78, 5) is 2.42. The molecule has 1 heteroatoms. The zero-order valence-corrected chi connectivity index (χ0v) is 30.3. The number of rotatable bonds is 7. The molecule has 10 aromatic rings. The lowest BCUT2D eigenvalue weighted by Gasteiger charge is -2.28. The summed E-state index contributed by atoms with van der Waals surface area (Å²) >= 11 is 0. The number of hydrogen-bond donors (Lipinski definition) is 0. The molecule has 10 aromatic carbocycles.